The molecule has 1 saturated heterocycles. The summed E-state index contributed by atoms with van der Waals surface area (Å²) in [6.07, 6.45) is 1.07. The van der Waals surface area contributed by atoms with Crippen molar-refractivity contribution in [3.63, 3.8) is 0 Å². The molecule has 17 heavy (non-hydrogen) atoms. The highest BCUT2D eigenvalue weighted by Crippen LogP contribution is 2.24. The molecular formula is C14H18FNO. The summed E-state index contributed by atoms with van der Waals surface area (Å²) < 4.78 is 12.8. The molecule has 92 valence electrons. The highest BCUT2D eigenvalue weighted by atomic mass is 19.1. The predicted molar refractivity (Wildman–Crippen MR) is 65.2 cm³/mol. The van der Waals surface area contributed by atoms with E-state index in [2.05, 4.69) is 13.8 Å². The summed E-state index contributed by atoms with van der Waals surface area (Å²) in [5.41, 5.74) is 0.579. The number of nitrogens with zero attached hydrogens (tertiary/aromatic N) is 1. The minimum absolute atomic E-state index is 0.0214. The van der Waals surface area contributed by atoms with E-state index < -0.39 is 0 Å². The van der Waals surface area contributed by atoms with Gasteiger partial charge in [0.25, 0.3) is 5.91 Å². The third-order valence-electron chi connectivity index (χ3n) is 3.55. The van der Waals surface area contributed by atoms with Crippen LogP contribution >= 0.6 is 0 Å². The Balaban J connectivity index is 2.04. The van der Waals surface area contributed by atoms with Crippen LogP contribution in [0.1, 0.15) is 30.6 Å². The van der Waals surface area contributed by atoms with Gasteiger partial charge in [0.15, 0.2) is 0 Å². The maximum absolute atomic E-state index is 12.8. The minimum Gasteiger partial charge on any atom is -0.338 e. The third-order valence-corrected chi connectivity index (χ3v) is 3.55. The smallest absolute Gasteiger partial charge is 0.253 e. The number of hydrogen-bond donors (Lipinski definition) is 0. The Kier molecular flexibility index (Phi) is 3.46. The van der Waals surface area contributed by atoms with Crippen LogP contribution in [0.4, 0.5) is 4.39 Å². The SMILES string of the molecule is CC(C)C1CCN(C(=O)c2ccc(F)cc2)C1. The van der Waals surface area contributed by atoms with Crippen molar-refractivity contribution in [2.24, 2.45) is 11.8 Å². The number of carbonyl (C=O) groups excluding carboxylic acids is 1. The first kappa shape index (κ1) is 12.1. The van der Waals surface area contributed by atoms with Gasteiger partial charge >= 0.3 is 0 Å². The van der Waals surface area contributed by atoms with Crippen molar-refractivity contribution in [3.05, 3.63) is 35.6 Å². The molecule has 1 aliphatic heterocycles. The summed E-state index contributed by atoms with van der Waals surface area (Å²) in [5.74, 6) is 0.927. The third kappa shape index (κ3) is 2.65. The minimum atomic E-state index is -0.303. The average Bonchev–Trinajstić information content (AvgIpc) is 2.78. The van der Waals surface area contributed by atoms with Gasteiger partial charge in [0.2, 0.25) is 0 Å². The van der Waals surface area contributed by atoms with Crippen LogP contribution in [0.3, 0.4) is 0 Å². The van der Waals surface area contributed by atoms with E-state index in [1.807, 2.05) is 4.90 Å². The molecule has 2 nitrogen and oxygen atoms in total. The highest BCUT2D eigenvalue weighted by Gasteiger charge is 2.28. The Bertz CT molecular complexity index is 399. The van der Waals surface area contributed by atoms with Gasteiger partial charge in [-0.25, -0.2) is 4.39 Å². The molecule has 0 N–H and O–H groups in total. The second-order valence-electron chi connectivity index (χ2n) is 5.05. The number of halogens is 1. The molecule has 2 rings (SSSR count). The standard InChI is InChI=1S/C14H18FNO/c1-10(2)12-7-8-16(9-12)14(17)11-3-5-13(15)6-4-11/h3-6,10,12H,7-9H2,1-2H3. The summed E-state index contributed by atoms with van der Waals surface area (Å²) in [6.45, 7) is 6.03. The van der Waals surface area contributed by atoms with Gasteiger partial charge in [0, 0.05) is 18.7 Å². The van der Waals surface area contributed by atoms with Crippen LogP contribution < -0.4 is 0 Å². The van der Waals surface area contributed by atoms with Crippen LogP contribution in [-0.4, -0.2) is 23.9 Å². The molecule has 0 radical (unpaired) electrons. The van der Waals surface area contributed by atoms with Gasteiger partial charge in [-0.2, -0.15) is 0 Å². The van der Waals surface area contributed by atoms with Gasteiger partial charge < -0.3 is 4.90 Å². The maximum atomic E-state index is 12.8. The first-order chi connectivity index (χ1) is 8.08. The largest absolute Gasteiger partial charge is 0.338 e. The zero-order chi connectivity index (χ0) is 12.4. The van der Waals surface area contributed by atoms with Crippen molar-refractivity contribution in [2.45, 2.75) is 20.3 Å². The molecule has 1 atom stereocenters. The molecule has 0 saturated carbocycles. The van der Waals surface area contributed by atoms with Crippen molar-refractivity contribution in [2.75, 3.05) is 13.1 Å². The molecular weight excluding hydrogens is 217 g/mol. The van der Waals surface area contributed by atoms with Crippen LogP contribution in [0, 0.1) is 17.7 Å². The number of benzene rings is 1. The molecule has 0 spiro atoms. The van der Waals surface area contributed by atoms with Crippen molar-refractivity contribution in [1.82, 2.24) is 4.90 Å². The first-order valence-corrected chi connectivity index (χ1v) is 6.13. The van der Waals surface area contributed by atoms with Crippen molar-refractivity contribution in [1.29, 1.82) is 0 Å². The number of rotatable bonds is 2. The number of hydrogen-bond acceptors (Lipinski definition) is 1. The molecule has 3 heteroatoms. The van der Waals surface area contributed by atoms with Crippen LogP contribution in [0.2, 0.25) is 0 Å². The Morgan fingerprint density at radius 1 is 1.35 bits per heavy atom. The van der Waals surface area contributed by atoms with E-state index in [9.17, 15) is 9.18 Å². The van der Waals surface area contributed by atoms with E-state index in [0.29, 0.717) is 17.4 Å². The molecule has 1 amide bonds. The van der Waals surface area contributed by atoms with E-state index in [1.54, 1.807) is 12.1 Å². The normalized spacial score (nSPS) is 20.0. The lowest BCUT2D eigenvalue weighted by molar-refractivity contribution is 0.0784. The van der Waals surface area contributed by atoms with E-state index >= 15 is 0 Å². The molecule has 1 fully saturated rings. The van der Waals surface area contributed by atoms with E-state index in [4.69, 9.17) is 0 Å². The lowest BCUT2D eigenvalue weighted by Gasteiger charge is -2.18. The van der Waals surface area contributed by atoms with Gasteiger partial charge in [-0.05, 0) is 42.5 Å². The zero-order valence-electron chi connectivity index (χ0n) is 10.3. The molecule has 0 aliphatic carbocycles. The fourth-order valence-corrected chi connectivity index (χ4v) is 2.29. The second-order valence-corrected chi connectivity index (χ2v) is 5.05. The van der Waals surface area contributed by atoms with Crippen molar-refractivity contribution < 1.29 is 9.18 Å². The van der Waals surface area contributed by atoms with Gasteiger partial charge in [0.1, 0.15) is 5.82 Å². The first-order valence-electron chi connectivity index (χ1n) is 6.13. The highest BCUT2D eigenvalue weighted by molar-refractivity contribution is 5.94. The van der Waals surface area contributed by atoms with Crippen molar-refractivity contribution >= 4 is 5.91 Å². The fourth-order valence-electron chi connectivity index (χ4n) is 2.29. The van der Waals surface area contributed by atoms with Gasteiger partial charge in [0.05, 0.1) is 0 Å². The van der Waals surface area contributed by atoms with E-state index in [-0.39, 0.29) is 11.7 Å². The van der Waals surface area contributed by atoms with E-state index in [0.717, 1.165) is 19.5 Å². The molecule has 1 aromatic carbocycles. The Morgan fingerprint density at radius 3 is 2.53 bits per heavy atom. The Morgan fingerprint density at radius 2 is 2.00 bits per heavy atom. The van der Waals surface area contributed by atoms with Crippen LogP contribution in [0.15, 0.2) is 24.3 Å². The van der Waals surface area contributed by atoms with Gasteiger partial charge in [-0.1, -0.05) is 13.8 Å². The monoisotopic (exact) mass is 235 g/mol. The summed E-state index contributed by atoms with van der Waals surface area (Å²) in [6, 6.07) is 5.78. The summed E-state index contributed by atoms with van der Waals surface area (Å²) in [7, 11) is 0. The van der Waals surface area contributed by atoms with Crippen LogP contribution in [0.25, 0.3) is 0 Å². The quantitative estimate of drug-likeness (QED) is 0.771. The van der Waals surface area contributed by atoms with E-state index in [1.165, 1.54) is 12.1 Å². The summed E-state index contributed by atoms with van der Waals surface area (Å²) in [4.78, 5) is 14.0. The second kappa shape index (κ2) is 4.86. The van der Waals surface area contributed by atoms with Gasteiger partial charge in [-0.3, -0.25) is 4.79 Å². The maximum Gasteiger partial charge on any atom is 0.253 e. The predicted octanol–water partition coefficient (Wildman–Crippen LogP) is 2.94. The summed E-state index contributed by atoms with van der Waals surface area (Å²) in [5, 5.41) is 0. The molecule has 1 aromatic rings. The lowest BCUT2D eigenvalue weighted by atomic mass is 9.95. The lowest BCUT2D eigenvalue weighted by Crippen LogP contribution is -2.29. The Hall–Kier alpha value is -1.38. The summed E-state index contributed by atoms with van der Waals surface area (Å²) >= 11 is 0. The Labute approximate surface area is 101 Å². The number of amides is 1. The molecule has 0 bridgehead atoms. The molecule has 1 aliphatic rings. The molecule has 1 unspecified atom stereocenters. The molecule has 0 aromatic heterocycles. The molecule has 1 heterocycles. The topological polar surface area (TPSA) is 20.3 Å². The number of carbonyl (C=O) groups is 1. The average molecular weight is 235 g/mol. The van der Waals surface area contributed by atoms with Gasteiger partial charge in [-0.15, -0.1) is 0 Å². The van der Waals surface area contributed by atoms with Crippen molar-refractivity contribution in [3.8, 4) is 0 Å². The van der Waals surface area contributed by atoms with Crippen LogP contribution in [-0.2, 0) is 0 Å². The fraction of sp³-hybridized carbons (Fsp3) is 0.500. The number of likely N-dealkylation sites (tertiary alicyclic amines) is 1. The van der Waals surface area contributed by atoms with Crippen LogP contribution in [0.5, 0.6) is 0 Å². The zero-order valence-corrected chi connectivity index (χ0v) is 10.3.